The fourth-order valence-corrected chi connectivity index (χ4v) is 1.28. The number of hydrogen-bond donors (Lipinski definition) is 1. The fraction of sp³-hybridized carbons (Fsp3) is 0.222. The second-order valence-electron chi connectivity index (χ2n) is 3.29. The summed E-state index contributed by atoms with van der Waals surface area (Å²) in [6.45, 7) is 4.01. The maximum Gasteiger partial charge on any atom is 0.183 e. The molecule has 72 valence electrons. The van der Waals surface area contributed by atoms with E-state index in [9.17, 15) is 0 Å². The van der Waals surface area contributed by atoms with Crippen LogP contribution in [0.4, 0.5) is 5.82 Å². The number of nitrogens with zero attached hydrogens (tertiary/aromatic N) is 4. The molecule has 0 radical (unpaired) electrons. The minimum Gasteiger partial charge on any atom is -0.382 e. The molecule has 0 spiro atoms. The van der Waals surface area contributed by atoms with Crippen LogP contribution in [0.15, 0.2) is 18.2 Å². The molecule has 2 aromatic heterocycles. The summed E-state index contributed by atoms with van der Waals surface area (Å²) < 4.78 is 1.83. The van der Waals surface area contributed by atoms with E-state index in [1.807, 2.05) is 24.6 Å². The van der Waals surface area contributed by atoms with E-state index in [4.69, 9.17) is 5.73 Å². The Balaban J connectivity index is 2.73. The van der Waals surface area contributed by atoms with Gasteiger partial charge in [-0.2, -0.15) is 0 Å². The number of fused-ring (bicyclic) bond motifs is 1. The Labute approximate surface area is 81.3 Å². The summed E-state index contributed by atoms with van der Waals surface area (Å²) in [5.74, 6) is 0.449. The summed E-state index contributed by atoms with van der Waals surface area (Å²) in [7, 11) is 0. The molecule has 5 heteroatoms. The molecule has 2 N–H and O–H groups in total. The van der Waals surface area contributed by atoms with Crippen molar-refractivity contribution in [3.63, 3.8) is 0 Å². The van der Waals surface area contributed by atoms with Crippen molar-refractivity contribution in [2.75, 3.05) is 5.73 Å². The zero-order valence-corrected chi connectivity index (χ0v) is 8.10. The third-order valence-corrected chi connectivity index (χ3v) is 1.79. The van der Waals surface area contributed by atoms with Crippen LogP contribution in [-0.4, -0.2) is 19.5 Å². The molecule has 0 aliphatic carbocycles. The van der Waals surface area contributed by atoms with Gasteiger partial charge in [-0.05, 0) is 13.8 Å². The van der Waals surface area contributed by atoms with Crippen molar-refractivity contribution in [3.05, 3.63) is 18.2 Å². The number of anilines is 1. The van der Waals surface area contributed by atoms with E-state index < -0.39 is 0 Å². The third-order valence-electron chi connectivity index (χ3n) is 1.79. The van der Waals surface area contributed by atoms with Gasteiger partial charge in [0.25, 0.3) is 0 Å². The molecular weight excluding hydrogens is 178 g/mol. The molecule has 0 amide bonds. The average molecular weight is 189 g/mol. The first-order valence-electron chi connectivity index (χ1n) is 4.26. The predicted molar refractivity (Wildman–Crippen MR) is 55.4 cm³/mol. The lowest BCUT2D eigenvalue weighted by molar-refractivity contribution is 1.15. The average Bonchev–Trinajstić information content (AvgIpc) is 2.49. The Kier molecular flexibility index (Phi) is 1.92. The summed E-state index contributed by atoms with van der Waals surface area (Å²) in [4.78, 5) is 12.1. The number of aromatic nitrogens is 4. The van der Waals surface area contributed by atoms with Gasteiger partial charge >= 0.3 is 0 Å². The Morgan fingerprint density at radius 1 is 1.36 bits per heavy atom. The Morgan fingerprint density at radius 2 is 2.14 bits per heavy atom. The van der Waals surface area contributed by atoms with Gasteiger partial charge in [-0.3, -0.25) is 0 Å². The largest absolute Gasteiger partial charge is 0.382 e. The molecule has 2 aromatic rings. The highest BCUT2D eigenvalue weighted by Crippen LogP contribution is 2.15. The van der Waals surface area contributed by atoms with Crippen LogP contribution in [-0.2, 0) is 0 Å². The molecular formula is C9H11N5. The van der Waals surface area contributed by atoms with Crippen molar-refractivity contribution in [3.8, 4) is 0 Å². The van der Waals surface area contributed by atoms with Gasteiger partial charge in [0.15, 0.2) is 11.5 Å². The Morgan fingerprint density at radius 3 is 2.86 bits per heavy atom. The third kappa shape index (κ3) is 1.32. The molecule has 0 fully saturated rings. The van der Waals surface area contributed by atoms with Gasteiger partial charge in [0.2, 0.25) is 0 Å². The SMILES string of the molecule is CC(C)=Cn1cnc2ncnc(N)c21. The first-order valence-corrected chi connectivity index (χ1v) is 4.26. The van der Waals surface area contributed by atoms with Gasteiger partial charge in [0.05, 0.1) is 0 Å². The van der Waals surface area contributed by atoms with E-state index in [0.717, 1.165) is 11.1 Å². The molecule has 5 nitrogen and oxygen atoms in total. The number of hydrogen-bond acceptors (Lipinski definition) is 4. The summed E-state index contributed by atoms with van der Waals surface area (Å²) in [5.41, 5.74) is 8.27. The number of nitrogens with two attached hydrogens (primary N) is 1. The quantitative estimate of drug-likeness (QED) is 0.733. The van der Waals surface area contributed by atoms with E-state index in [1.54, 1.807) is 6.33 Å². The Hall–Kier alpha value is -1.91. The fourth-order valence-electron chi connectivity index (χ4n) is 1.28. The predicted octanol–water partition coefficient (Wildman–Crippen LogP) is 1.29. The lowest BCUT2D eigenvalue weighted by Gasteiger charge is -1.99. The zero-order valence-electron chi connectivity index (χ0n) is 8.10. The van der Waals surface area contributed by atoms with Crippen LogP contribution in [0.5, 0.6) is 0 Å². The molecule has 0 unspecified atom stereocenters. The van der Waals surface area contributed by atoms with Crippen molar-refractivity contribution in [2.24, 2.45) is 0 Å². The molecule has 2 rings (SSSR count). The van der Waals surface area contributed by atoms with E-state index in [0.29, 0.717) is 11.5 Å². The van der Waals surface area contributed by atoms with E-state index in [1.165, 1.54) is 6.33 Å². The number of imidazole rings is 1. The molecule has 0 aliphatic rings. The van der Waals surface area contributed by atoms with Gasteiger partial charge in [0.1, 0.15) is 18.2 Å². The van der Waals surface area contributed by atoms with Crippen molar-refractivity contribution in [1.82, 2.24) is 19.5 Å². The lowest BCUT2D eigenvalue weighted by Crippen LogP contribution is -1.96. The number of allylic oxidation sites excluding steroid dienone is 1. The highest BCUT2D eigenvalue weighted by molar-refractivity contribution is 5.83. The van der Waals surface area contributed by atoms with Crippen LogP contribution in [0.3, 0.4) is 0 Å². The van der Waals surface area contributed by atoms with Crippen molar-refractivity contribution >= 4 is 23.2 Å². The number of nitrogen functional groups attached to an aromatic ring is 1. The number of rotatable bonds is 1. The van der Waals surface area contributed by atoms with Crippen molar-refractivity contribution in [2.45, 2.75) is 13.8 Å². The minimum atomic E-state index is 0.449. The monoisotopic (exact) mass is 189 g/mol. The van der Waals surface area contributed by atoms with Crippen LogP contribution in [0.2, 0.25) is 0 Å². The second kappa shape index (κ2) is 3.10. The highest BCUT2D eigenvalue weighted by Gasteiger charge is 2.05. The molecule has 0 saturated heterocycles. The normalized spacial score (nSPS) is 10.4. The maximum atomic E-state index is 5.74. The Bertz CT molecular complexity index is 493. The van der Waals surface area contributed by atoms with Gasteiger partial charge in [-0.25, -0.2) is 15.0 Å². The molecule has 0 saturated carbocycles. The minimum absolute atomic E-state index is 0.449. The van der Waals surface area contributed by atoms with Gasteiger partial charge in [-0.15, -0.1) is 0 Å². The molecule has 14 heavy (non-hydrogen) atoms. The van der Waals surface area contributed by atoms with Crippen LogP contribution < -0.4 is 5.73 Å². The lowest BCUT2D eigenvalue weighted by atomic mass is 10.4. The summed E-state index contributed by atoms with van der Waals surface area (Å²) >= 11 is 0. The van der Waals surface area contributed by atoms with E-state index in [-0.39, 0.29) is 0 Å². The van der Waals surface area contributed by atoms with Crippen molar-refractivity contribution < 1.29 is 0 Å². The van der Waals surface area contributed by atoms with E-state index >= 15 is 0 Å². The summed E-state index contributed by atoms with van der Waals surface area (Å²) in [6, 6.07) is 0. The van der Waals surface area contributed by atoms with E-state index in [2.05, 4.69) is 15.0 Å². The van der Waals surface area contributed by atoms with Crippen LogP contribution in [0.25, 0.3) is 17.4 Å². The molecule has 0 aromatic carbocycles. The highest BCUT2D eigenvalue weighted by atomic mass is 15.1. The van der Waals surface area contributed by atoms with Gasteiger partial charge in [0, 0.05) is 6.20 Å². The molecule has 0 bridgehead atoms. The van der Waals surface area contributed by atoms with Gasteiger partial charge in [-0.1, -0.05) is 5.57 Å². The molecule has 0 aliphatic heterocycles. The summed E-state index contributed by atoms with van der Waals surface area (Å²) in [5, 5.41) is 0. The van der Waals surface area contributed by atoms with Crippen LogP contribution in [0, 0.1) is 0 Å². The first kappa shape index (κ1) is 8.68. The van der Waals surface area contributed by atoms with Crippen LogP contribution in [0.1, 0.15) is 13.8 Å². The maximum absolute atomic E-state index is 5.74. The standard InChI is InChI=1S/C9H11N5/c1-6(2)3-14-5-13-9-7(14)8(10)11-4-12-9/h3-5H,1-2H3,(H2,10,11,12). The second-order valence-corrected chi connectivity index (χ2v) is 3.29. The summed E-state index contributed by atoms with van der Waals surface area (Å²) in [6.07, 6.45) is 5.04. The first-order chi connectivity index (χ1) is 6.68. The van der Waals surface area contributed by atoms with Crippen molar-refractivity contribution in [1.29, 1.82) is 0 Å². The van der Waals surface area contributed by atoms with Gasteiger partial charge < -0.3 is 10.3 Å². The smallest absolute Gasteiger partial charge is 0.183 e. The molecule has 2 heterocycles. The van der Waals surface area contributed by atoms with Crippen LogP contribution >= 0.6 is 0 Å². The zero-order chi connectivity index (χ0) is 10.1. The molecule has 0 atom stereocenters. The topological polar surface area (TPSA) is 69.6 Å².